The zero-order valence-electron chi connectivity index (χ0n) is 15.7. The molecule has 1 aromatic carbocycles. The van der Waals surface area contributed by atoms with Gasteiger partial charge in [-0.25, -0.2) is 4.99 Å². The molecule has 0 amide bonds. The number of fused-ring (bicyclic) bond motifs is 1. The number of nitro benzene ring substituents is 1. The van der Waals surface area contributed by atoms with Crippen molar-refractivity contribution in [3.63, 3.8) is 0 Å². The minimum absolute atomic E-state index is 0.0276. The number of nitriles is 2. The van der Waals surface area contributed by atoms with Crippen molar-refractivity contribution in [3.05, 3.63) is 39.9 Å². The maximum absolute atomic E-state index is 11.0. The van der Waals surface area contributed by atoms with Crippen molar-refractivity contribution in [3.8, 4) is 12.1 Å². The van der Waals surface area contributed by atoms with Gasteiger partial charge in [-0.05, 0) is 29.9 Å². The first-order chi connectivity index (χ1) is 13.4. The van der Waals surface area contributed by atoms with Crippen LogP contribution < -0.4 is 5.73 Å². The first kappa shape index (κ1) is 20.5. The molecule has 0 spiro atoms. The van der Waals surface area contributed by atoms with E-state index < -0.39 is 25.9 Å². The van der Waals surface area contributed by atoms with Crippen LogP contribution in [-0.4, -0.2) is 26.5 Å². The quantitative estimate of drug-likeness (QED) is 0.385. The number of non-ortho nitro benzene ring substituents is 1. The molecule has 3 unspecified atom stereocenters. The van der Waals surface area contributed by atoms with Gasteiger partial charge in [0, 0.05) is 18.1 Å². The fraction of sp³-hybridized carbons (Fsp3) is 0.526. The van der Waals surface area contributed by atoms with E-state index in [1.165, 1.54) is 12.1 Å². The third-order valence-electron chi connectivity index (χ3n) is 5.37. The third-order valence-corrected chi connectivity index (χ3v) is 8.91. The number of thioether (sulfide) groups is 2. The number of nitrogens with zero attached hydrogens (tertiary/aromatic N) is 4. The van der Waals surface area contributed by atoms with Crippen LogP contribution in [0.4, 0.5) is 5.69 Å². The minimum Gasteiger partial charge on any atom is -0.386 e. The lowest BCUT2D eigenvalue weighted by molar-refractivity contribution is -0.384. The second kappa shape index (κ2) is 7.31. The molecule has 1 aromatic rings. The number of rotatable bonds is 8. The maximum Gasteiger partial charge on any atom is 0.269 e. The summed E-state index contributed by atoms with van der Waals surface area (Å²) in [5.74, 6) is 1.34. The monoisotopic (exact) mass is 415 g/mol. The number of benzene rings is 1. The second-order valence-corrected chi connectivity index (χ2v) is 9.73. The Hall–Kier alpha value is -2.23. The topological polar surface area (TPSA) is 129 Å². The van der Waals surface area contributed by atoms with E-state index in [2.05, 4.69) is 26.0 Å². The van der Waals surface area contributed by atoms with Crippen molar-refractivity contribution in [1.29, 1.82) is 10.5 Å². The Labute approximate surface area is 172 Å². The van der Waals surface area contributed by atoms with Crippen LogP contribution in [0.1, 0.15) is 38.2 Å². The predicted octanol–water partition coefficient (Wildman–Crippen LogP) is 4.02. The molecule has 1 aliphatic heterocycles. The van der Waals surface area contributed by atoms with Gasteiger partial charge in [0.25, 0.3) is 5.69 Å². The standard InChI is InChI=1S/C19H21N5O2S2/c1-3-9-27-19(28-10-4-2)18(12-21)15(17(18,11-20)16(22)23-19)13-5-7-14(8-6-13)24(25)26/h5-8,15H,3-4,9-10H2,1-2H3,(H2,22,23). The normalized spacial score (nSPS) is 29.3. The van der Waals surface area contributed by atoms with Gasteiger partial charge in [-0.1, -0.05) is 26.0 Å². The Morgan fingerprint density at radius 1 is 1.18 bits per heavy atom. The fourth-order valence-electron chi connectivity index (χ4n) is 4.13. The number of nitro groups is 1. The number of hydrogen-bond donors (Lipinski definition) is 1. The highest BCUT2D eigenvalue weighted by atomic mass is 32.2. The van der Waals surface area contributed by atoms with Gasteiger partial charge in [0.1, 0.15) is 16.7 Å². The molecule has 1 aliphatic carbocycles. The molecule has 2 aliphatic rings. The highest BCUT2D eigenvalue weighted by Gasteiger charge is 2.91. The zero-order valence-corrected chi connectivity index (χ0v) is 17.3. The van der Waals surface area contributed by atoms with Crippen LogP contribution >= 0.6 is 23.5 Å². The Morgan fingerprint density at radius 3 is 2.18 bits per heavy atom. The van der Waals surface area contributed by atoms with E-state index in [1.807, 2.05) is 0 Å². The molecular formula is C19H21N5O2S2. The van der Waals surface area contributed by atoms with Crippen LogP contribution in [0.5, 0.6) is 0 Å². The lowest BCUT2D eigenvalue weighted by Gasteiger charge is -2.32. The van der Waals surface area contributed by atoms with Crippen molar-refractivity contribution in [1.82, 2.24) is 0 Å². The fourth-order valence-corrected chi connectivity index (χ4v) is 7.35. The first-order valence-electron chi connectivity index (χ1n) is 9.11. The Balaban J connectivity index is 2.13. The number of hydrogen-bond acceptors (Lipinski definition) is 8. The summed E-state index contributed by atoms with van der Waals surface area (Å²) >= 11 is 3.16. The first-order valence-corrected chi connectivity index (χ1v) is 11.1. The Kier molecular flexibility index (Phi) is 5.35. The number of amidine groups is 1. The van der Waals surface area contributed by atoms with E-state index in [0.717, 1.165) is 24.3 Å². The summed E-state index contributed by atoms with van der Waals surface area (Å²) in [6, 6.07) is 10.8. The van der Waals surface area contributed by atoms with E-state index in [1.54, 1.807) is 35.7 Å². The average molecular weight is 416 g/mol. The smallest absolute Gasteiger partial charge is 0.269 e. The molecule has 0 bridgehead atoms. The van der Waals surface area contributed by atoms with Crippen LogP contribution in [0.2, 0.25) is 0 Å². The van der Waals surface area contributed by atoms with E-state index in [-0.39, 0.29) is 11.5 Å². The number of aliphatic imine (C=N–C) groups is 1. The van der Waals surface area contributed by atoms with Gasteiger partial charge in [0.15, 0.2) is 4.20 Å². The molecule has 9 heteroatoms. The van der Waals surface area contributed by atoms with Crippen molar-refractivity contribution >= 4 is 35.0 Å². The van der Waals surface area contributed by atoms with Gasteiger partial charge in [-0.3, -0.25) is 10.1 Å². The van der Waals surface area contributed by atoms with E-state index in [0.29, 0.717) is 5.56 Å². The van der Waals surface area contributed by atoms with Crippen LogP contribution in [0, 0.1) is 43.6 Å². The Morgan fingerprint density at radius 2 is 1.75 bits per heavy atom. The molecule has 3 atom stereocenters. The molecule has 7 nitrogen and oxygen atoms in total. The van der Waals surface area contributed by atoms with Crippen LogP contribution in [0.25, 0.3) is 0 Å². The van der Waals surface area contributed by atoms with Crippen LogP contribution in [0.15, 0.2) is 29.3 Å². The summed E-state index contributed by atoms with van der Waals surface area (Å²) in [6.07, 6.45) is 1.83. The minimum atomic E-state index is -1.20. The van der Waals surface area contributed by atoms with Gasteiger partial charge in [-0.15, -0.1) is 23.5 Å². The highest BCUT2D eigenvalue weighted by molar-refractivity contribution is 8.18. The second-order valence-electron chi connectivity index (χ2n) is 6.90. The molecular weight excluding hydrogens is 394 g/mol. The molecule has 1 saturated carbocycles. The van der Waals surface area contributed by atoms with Gasteiger partial charge in [0.05, 0.1) is 17.1 Å². The van der Waals surface area contributed by atoms with E-state index in [4.69, 9.17) is 10.7 Å². The van der Waals surface area contributed by atoms with E-state index in [9.17, 15) is 20.6 Å². The van der Waals surface area contributed by atoms with Crippen molar-refractivity contribution in [2.24, 2.45) is 21.6 Å². The predicted molar refractivity (Wildman–Crippen MR) is 112 cm³/mol. The summed E-state index contributed by atoms with van der Waals surface area (Å²) in [6.45, 7) is 4.12. The van der Waals surface area contributed by atoms with Gasteiger partial charge in [0.2, 0.25) is 0 Å². The van der Waals surface area contributed by atoms with Crippen molar-refractivity contribution < 1.29 is 4.92 Å². The summed E-state index contributed by atoms with van der Waals surface area (Å²) < 4.78 is -0.847. The third kappa shape index (κ3) is 2.46. The van der Waals surface area contributed by atoms with Crippen LogP contribution in [-0.2, 0) is 0 Å². The molecule has 2 N–H and O–H groups in total. The Bertz CT molecular complexity index is 896. The molecule has 0 aromatic heterocycles. The highest BCUT2D eigenvalue weighted by Crippen LogP contribution is 2.85. The largest absolute Gasteiger partial charge is 0.386 e. The molecule has 3 rings (SSSR count). The van der Waals surface area contributed by atoms with Gasteiger partial charge < -0.3 is 5.73 Å². The zero-order chi connectivity index (χ0) is 20.6. The van der Waals surface area contributed by atoms with E-state index >= 15 is 0 Å². The molecule has 1 fully saturated rings. The number of nitrogens with two attached hydrogens (primary N) is 1. The summed E-state index contributed by atoms with van der Waals surface area (Å²) in [5.41, 5.74) is 4.69. The summed E-state index contributed by atoms with van der Waals surface area (Å²) in [7, 11) is 0. The lowest BCUT2D eigenvalue weighted by atomic mass is 9.97. The van der Waals surface area contributed by atoms with Crippen LogP contribution in [0.3, 0.4) is 0 Å². The SMILES string of the molecule is CCCSC1(SCCC)N=C(N)C2(C#N)C(c3ccc([N+](=O)[O-])cc3)C12C#N. The maximum atomic E-state index is 11.0. The molecule has 28 heavy (non-hydrogen) atoms. The van der Waals surface area contributed by atoms with Crippen molar-refractivity contribution in [2.45, 2.75) is 36.8 Å². The molecule has 0 radical (unpaired) electrons. The lowest BCUT2D eigenvalue weighted by Crippen LogP contribution is -2.32. The summed E-state index contributed by atoms with van der Waals surface area (Å²) in [4.78, 5) is 15.2. The summed E-state index contributed by atoms with van der Waals surface area (Å²) in [5, 5.41) is 31.4. The van der Waals surface area contributed by atoms with Gasteiger partial charge >= 0.3 is 0 Å². The molecule has 146 valence electrons. The average Bonchev–Trinajstić information content (AvgIpc) is 3.28. The molecule has 1 heterocycles. The van der Waals surface area contributed by atoms with Crippen molar-refractivity contribution in [2.75, 3.05) is 11.5 Å². The molecule has 0 saturated heterocycles. The van der Waals surface area contributed by atoms with Gasteiger partial charge in [-0.2, -0.15) is 10.5 Å².